The smallest absolute Gasteiger partial charge is 0.243 e. The summed E-state index contributed by atoms with van der Waals surface area (Å²) >= 11 is 1.50. The average Bonchev–Trinajstić information content (AvgIpc) is 3.33. The number of benzene rings is 1. The van der Waals surface area contributed by atoms with Crippen LogP contribution in [0, 0.1) is 5.82 Å². The molecule has 0 aliphatic heterocycles. The summed E-state index contributed by atoms with van der Waals surface area (Å²) in [6.07, 6.45) is 0.438. The molecule has 7 nitrogen and oxygen atoms in total. The van der Waals surface area contributed by atoms with Crippen molar-refractivity contribution in [2.75, 3.05) is 18.9 Å². The molecule has 0 unspecified atom stereocenters. The molecule has 0 saturated heterocycles. The van der Waals surface area contributed by atoms with Crippen LogP contribution in [0.1, 0.15) is 12.3 Å². The number of thiophene rings is 1. The van der Waals surface area contributed by atoms with Gasteiger partial charge >= 0.3 is 0 Å². The maximum Gasteiger partial charge on any atom is 0.243 e. The van der Waals surface area contributed by atoms with E-state index >= 15 is 0 Å². The van der Waals surface area contributed by atoms with E-state index in [0.29, 0.717) is 23.8 Å². The zero-order chi connectivity index (χ0) is 19.2. The maximum atomic E-state index is 12.9. The largest absolute Gasteiger partial charge is 0.339 e. The number of amides is 2. The number of halogens is 1. The van der Waals surface area contributed by atoms with E-state index in [1.54, 1.807) is 0 Å². The van der Waals surface area contributed by atoms with Crippen molar-refractivity contribution >= 4 is 28.8 Å². The molecule has 9 heteroatoms. The lowest BCUT2D eigenvalue weighted by atomic mass is 10.2. The van der Waals surface area contributed by atoms with Gasteiger partial charge in [-0.15, -0.1) is 11.3 Å². The van der Waals surface area contributed by atoms with Crippen molar-refractivity contribution in [3.63, 3.8) is 0 Å². The minimum absolute atomic E-state index is 0.111. The topological polar surface area (TPSA) is 88.3 Å². The summed E-state index contributed by atoms with van der Waals surface area (Å²) in [5.74, 6) is -0.102. The molecule has 2 amide bonds. The van der Waals surface area contributed by atoms with E-state index in [2.05, 4.69) is 15.5 Å². The van der Waals surface area contributed by atoms with Gasteiger partial charge in [0.05, 0.1) is 11.4 Å². The summed E-state index contributed by atoms with van der Waals surface area (Å²) in [4.78, 5) is 30.6. The quantitative estimate of drug-likeness (QED) is 0.672. The van der Waals surface area contributed by atoms with Gasteiger partial charge < -0.3 is 14.7 Å². The van der Waals surface area contributed by atoms with Crippen molar-refractivity contribution in [3.8, 4) is 10.7 Å². The minimum Gasteiger partial charge on any atom is -0.339 e. The third-order valence-electron chi connectivity index (χ3n) is 3.70. The Morgan fingerprint density at radius 1 is 1.26 bits per heavy atom. The van der Waals surface area contributed by atoms with Crippen LogP contribution in [-0.4, -0.2) is 40.4 Å². The van der Waals surface area contributed by atoms with Gasteiger partial charge in [-0.1, -0.05) is 11.2 Å². The molecule has 0 radical (unpaired) electrons. The number of anilines is 1. The van der Waals surface area contributed by atoms with Crippen molar-refractivity contribution in [3.05, 3.63) is 53.5 Å². The average molecular weight is 388 g/mol. The minimum atomic E-state index is -0.386. The lowest BCUT2D eigenvalue weighted by Crippen LogP contribution is -2.35. The van der Waals surface area contributed by atoms with Gasteiger partial charge in [-0.25, -0.2) is 4.39 Å². The van der Waals surface area contributed by atoms with Gasteiger partial charge in [-0.2, -0.15) is 4.98 Å². The zero-order valence-electron chi connectivity index (χ0n) is 14.5. The molecule has 1 N–H and O–H groups in total. The van der Waals surface area contributed by atoms with Crippen molar-refractivity contribution in [2.45, 2.75) is 12.8 Å². The van der Waals surface area contributed by atoms with Crippen LogP contribution in [0.15, 0.2) is 46.3 Å². The molecular formula is C18H17FN4O3S. The monoisotopic (exact) mass is 388 g/mol. The molecule has 3 aromatic rings. The second-order valence-corrected chi connectivity index (χ2v) is 6.74. The summed E-state index contributed by atoms with van der Waals surface area (Å²) in [5, 5.41) is 8.42. The molecule has 0 aliphatic rings. The second kappa shape index (κ2) is 8.54. The van der Waals surface area contributed by atoms with Crippen LogP contribution in [0.4, 0.5) is 10.1 Å². The van der Waals surface area contributed by atoms with Crippen molar-refractivity contribution in [1.29, 1.82) is 0 Å². The highest BCUT2D eigenvalue weighted by atomic mass is 32.1. The van der Waals surface area contributed by atoms with Gasteiger partial charge in [0.15, 0.2) is 0 Å². The van der Waals surface area contributed by atoms with Crippen LogP contribution < -0.4 is 5.32 Å². The van der Waals surface area contributed by atoms with Crippen LogP contribution >= 0.6 is 11.3 Å². The normalized spacial score (nSPS) is 10.6. The third-order valence-corrected chi connectivity index (χ3v) is 4.56. The summed E-state index contributed by atoms with van der Waals surface area (Å²) in [7, 11) is 1.54. The first-order valence-corrected chi connectivity index (χ1v) is 9.05. The van der Waals surface area contributed by atoms with Gasteiger partial charge in [0.25, 0.3) is 0 Å². The Kier molecular flexibility index (Phi) is 5.92. The van der Waals surface area contributed by atoms with Crippen LogP contribution in [0.3, 0.4) is 0 Å². The van der Waals surface area contributed by atoms with Crippen LogP contribution in [-0.2, 0) is 16.0 Å². The lowest BCUT2D eigenvalue weighted by molar-refractivity contribution is -0.133. The number of aryl methyl sites for hydroxylation is 1. The van der Waals surface area contributed by atoms with E-state index in [-0.39, 0.29) is 30.6 Å². The fourth-order valence-electron chi connectivity index (χ4n) is 2.30. The molecule has 3 rings (SSSR count). The van der Waals surface area contributed by atoms with Gasteiger partial charge in [0.2, 0.25) is 23.5 Å². The molecule has 27 heavy (non-hydrogen) atoms. The molecule has 0 spiro atoms. The Hall–Kier alpha value is -3.07. The molecule has 0 atom stereocenters. The van der Waals surface area contributed by atoms with Gasteiger partial charge in [0, 0.05) is 25.6 Å². The highest BCUT2D eigenvalue weighted by Crippen LogP contribution is 2.21. The SMILES string of the molecule is CN(CC(=O)Nc1ccc(F)cc1)C(=O)CCc1nc(-c2cccs2)no1. The Bertz CT molecular complexity index is 909. The fourth-order valence-corrected chi connectivity index (χ4v) is 2.95. The van der Waals surface area contributed by atoms with Crippen molar-refractivity contribution < 1.29 is 18.5 Å². The Balaban J connectivity index is 1.46. The number of rotatable bonds is 7. The van der Waals surface area contributed by atoms with E-state index in [0.717, 1.165) is 4.88 Å². The summed E-state index contributed by atoms with van der Waals surface area (Å²) < 4.78 is 18.0. The zero-order valence-corrected chi connectivity index (χ0v) is 15.3. The van der Waals surface area contributed by atoms with Crippen LogP contribution in [0.25, 0.3) is 10.7 Å². The van der Waals surface area contributed by atoms with Crippen molar-refractivity contribution in [2.24, 2.45) is 0 Å². The van der Waals surface area contributed by atoms with Crippen LogP contribution in [0.2, 0.25) is 0 Å². The molecule has 0 fully saturated rings. The molecule has 2 heterocycles. The number of carbonyl (C=O) groups excluding carboxylic acids is 2. The number of likely N-dealkylation sites (N-methyl/N-ethyl adjacent to an activating group) is 1. The van der Waals surface area contributed by atoms with Gasteiger partial charge in [-0.05, 0) is 35.7 Å². The molecular weight excluding hydrogens is 371 g/mol. The lowest BCUT2D eigenvalue weighted by Gasteiger charge is -2.16. The van der Waals surface area contributed by atoms with E-state index in [1.165, 1.54) is 47.5 Å². The highest BCUT2D eigenvalue weighted by Gasteiger charge is 2.16. The second-order valence-electron chi connectivity index (χ2n) is 5.79. The van der Waals surface area contributed by atoms with E-state index in [4.69, 9.17) is 4.52 Å². The standard InChI is InChI=1S/C18H17FN4O3S/c1-23(11-15(24)20-13-6-4-12(19)5-7-13)17(25)9-8-16-21-18(22-26-16)14-3-2-10-27-14/h2-7,10H,8-9,11H2,1H3,(H,20,24). The highest BCUT2D eigenvalue weighted by molar-refractivity contribution is 7.13. The Labute approximate surface area is 158 Å². The fraction of sp³-hybridized carbons (Fsp3) is 0.222. The number of hydrogen-bond acceptors (Lipinski definition) is 6. The predicted octanol–water partition coefficient (Wildman–Crippen LogP) is 2.97. The van der Waals surface area contributed by atoms with Crippen molar-refractivity contribution in [1.82, 2.24) is 15.0 Å². The predicted molar refractivity (Wildman–Crippen MR) is 98.6 cm³/mol. The van der Waals surface area contributed by atoms with Gasteiger partial charge in [-0.3, -0.25) is 9.59 Å². The molecule has 140 valence electrons. The summed E-state index contributed by atoms with van der Waals surface area (Å²) in [6.45, 7) is -0.111. The number of nitrogens with one attached hydrogen (secondary N) is 1. The first-order valence-electron chi connectivity index (χ1n) is 8.17. The first-order chi connectivity index (χ1) is 13.0. The Morgan fingerprint density at radius 2 is 2.04 bits per heavy atom. The summed E-state index contributed by atoms with van der Waals surface area (Å²) in [6, 6.07) is 9.19. The Morgan fingerprint density at radius 3 is 2.74 bits per heavy atom. The molecule has 0 saturated carbocycles. The summed E-state index contributed by atoms with van der Waals surface area (Å²) in [5.41, 5.74) is 0.467. The van der Waals surface area contributed by atoms with E-state index in [1.807, 2.05) is 17.5 Å². The molecule has 1 aromatic carbocycles. The molecule has 0 bridgehead atoms. The van der Waals surface area contributed by atoms with Gasteiger partial charge in [0.1, 0.15) is 5.82 Å². The molecule has 2 aromatic heterocycles. The number of hydrogen-bond donors (Lipinski definition) is 1. The first kappa shape index (κ1) is 18.7. The number of nitrogens with zero attached hydrogens (tertiary/aromatic N) is 3. The third kappa shape index (κ3) is 5.20. The maximum absolute atomic E-state index is 12.9. The van der Waals surface area contributed by atoms with Crippen LogP contribution in [0.5, 0.6) is 0 Å². The number of carbonyl (C=O) groups is 2. The number of aromatic nitrogens is 2. The molecule has 0 aliphatic carbocycles. The van der Waals surface area contributed by atoms with E-state index in [9.17, 15) is 14.0 Å². The van der Waals surface area contributed by atoms with E-state index < -0.39 is 0 Å².